The molecule has 0 saturated carbocycles. The van der Waals surface area contributed by atoms with Crippen LogP contribution in [0.25, 0.3) is 10.8 Å². The van der Waals surface area contributed by atoms with E-state index in [4.69, 9.17) is 4.74 Å². The zero-order valence-electron chi connectivity index (χ0n) is 15.4. The topological polar surface area (TPSA) is 114 Å². The third-order valence-electron chi connectivity index (χ3n) is 4.78. The Labute approximate surface area is 164 Å². The maximum Gasteiger partial charge on any atom is 0.274 e. The first kappa shape index (κ1) is 17.6. The molecule has 0 aliphatic carbocycles. The second-order valence-corrected chi connectivity index (χ2v) is 8.70. The van der Waals surface area contributed by atoms with Crippen molar-refractivity contribution >= 4 is 20.6 Å². The lowest BCUT2D eigenvalue weighted by Gasteiger charge is -2.07. The average molecular weight is 412 g/mol. The molecule has 11 heteroatoms. The summed E-state index contributed by atoms with van der Waals surface area (Å²) < 4.78 is 35.4. The fourth-order valence-electron chi connectivity index (χ4n) is 3.31. The smallest absolute Gasteiger partial charge is 0.274 e. The van der Waals surface area contributed by atoms with Gasteiger partial charge in [0.2, 0.25) is 15.7 Å². The van der Waals surface area contributed by atoms with E-state index in [1.54, 1.807) is 17.8 Å². The van der Waals surface area contributed by atoms with Gasteiger partial charge in [0.1, 0.15) is 11.5 Å². The highest BCUT2D eigenvalue weighted by molar-refractivity contribution is 7.91. The van der Waals surface area contributed by atoms with E-state index in [0.717, 1.165) is 0 Å². The normalized spacial score (nSPS) is 13.6. The average Bonchev–Trinajstić information content (AvgIpc) is 3.40. The van der Waals surface area contributed by atoms with Gasteiger partial charge in [-0.15, -0.1) is 0 Å². The minimum Gasteiger partial charge on any atom is -0.476 e. The van der Waals surface area contributed by atoms with Crippen LogP contribution in [-0.4, -0.2) is 44.4 Å². The van der Waals surface area contributed by atoms with Crippen LogP contribution in [0.2, 0.25) is 0 Å². The summed E-state index contributed by atoms with van der Waals surface area (Å²) in [7, 11) is -2.08. The van der Waals surface area contributed by atoms with Crippen LogP contribution in [0, 0.1) is 0 Å². The first-order valence-corrected chi connectivity index (χ1v) is 10.3. The number of hydrogen-bond acceptors (Lipinski definition) is 7. The Hall–Kier alpha value is -3.47. The van der Waals surface area contributed by atoms with Crippen LogP contribution >= 0.6 is 0 Å². The minimum atomic E-state index is -3.73. The van der Waals surface area contributed by atoms with Crippen LogP contribution in [0.15, 0.2) is 57.4 Å². The second kappa shape index (κ2) is 6.27. The van der Waals surface area contributed by atoms with E-state index in [1.807, 2.05) is 0 Å². The van der Waals surface area contributed by atoms with Crippen molar-refractivity contribution < 1.29 is 13.2 Å². The molecule has 0 amide bonds. The van der Waals surface area contributed by atoms with E-state index in [-0.39, 0.29) is 21.9 Å². The van der Waals surface area contributed by atoms with E-state index in [2.05, 4.69) is 15.3 Å². The van der Waals surface area contributed by atoms with Gasteiger partial charge in [0, 0.05) is 24.7 Å². The van der Waals surface area contributed by atoms with Crippen LogP contribution in [0.1, 0.15) is 5.69 Å². The number of nitrogens with zero attached hydrogens (tertiary/aromatic N) is 6. The van der Waals surface area contributed by atoms with Crippen LogP contribution in [-0.2, 0) is 30.0 Å². The van der Waals surface area contributed by atoms with Crippen LogP contribution in [0.3, 0.4) is 0 Å². The number of aryl methyl sites for hydroxylation is 1. The molecule has 4 heterocycles. The van der Waals surface area contributed by atoms with Crippen molar-refractivity contribution in [3.05, 3.63) is 58.9 Å². The number of benzene rings is 1. The maximum absolute atomic E-state index is 12.8. The van der Waals surface area contributed by atoms with Gasteiger partial charge in [-0.1, -0.05) is 0 Å². The summed E-state index contributed by atoms with van der Waals surface area (Å²) in [5, 5.41) is 13.3. The third-order valence-corrected chi connectivity index (χ3v) is 6.49. The molecule has 1 aliphatic rings. The molecule has 0 atom stereocenters. The van der Waals surface area contributed by atoms with Crippen molar-refractivity contribution in [3.63, 3.8) is 0 Å². The van der Waals surface area contributed by atoms with Crippen molar-refractivity contribution in [2.75, 3.05) is 6.61 Å². The molecular weight excluding hydrogens is 396 g/mol. The fraction of sp³-hybridized carbons (Fsp3) is 0.222. The lowest BCUT2D eigenvalue weighted by molar-refractivity contribution is 0.356. The van der Waals surface area contributed by atoms with Crippen LogP contribution < -0.4 is 10.3 Å². The number of rotatable bonds is 4. The van der Waals surface area contributed by atoms with Crippen molar-refractivity contribution in [2.24, 2.45) is 7.05 Å². The zero-order chi connectivity index (χ0) is 20.2. The molecule has 0 fully saturated rings. The van der Waals surface area contributed by atoms with Gasteiger partial charge in [0.25, 0.3) is 5.56 Å². The molecule has 1 aliphatic heterocycles. The molecule has 0 N–H and O–H groups in total. The standard InChI is InChI=1S/C18H16N6O4S/c1-22-11-15(9-19-22)29(26,27)14-2-3-16-12(6-14)8-20-24(18(16)25)10-13-7-17-23(21-13)4-5-28-17/h2-3,6-9,11H,4-5,10H2,1H3. The largest absolute Gasteiger partial charge is 0.476 e. The first-order chi connectivity index (χ1) is 13.9. The quantitative estimate of drug-likeness (QED) is 0.482. The number of fused-ring (bicyclic) bond motifs is 2. The van der Waals surface area contributed by atoms with Gasteiger partial charge >= 0.3 is 0 Å². The minimum absolute atomic E-state index is 0.0830. The second-order valence-electron chi connectivity index (χ2n) is 6.76. The molecular formula is C18H16N6O4S. The fourth-order valence-corrected chi connectivity index (χ4v) is 4.59. The highest BCUT2D eigenvalue weighted by atomic mass is 32.2. The number of ether oxygens (including phenoxy) is 1. The molecule has 0 radical (unpaired) electrons. The van der Waals surface area contributed by atoms with Crippen molar-refractivity contribution in [1.29, 1.82) is 0 Å². The van der Waals surface area contributed by atoms with Crippen LogP contribution in [0.4, 0.5) is 0 Å². The Kier molecular flexibility index (Phi) is 3.81. The highest BCUT2D eigenvalue weighted by Gasteiger charge is 2.21. The van der Waals surface area contributed by atoms with Gasteiger partial charge in [-0.05, 0) is 18.2 Å². The Morgan fingerprint density at radius 1 is 1.14 bits per heavy atom. The molecule has 148 valence electrons. The van der Waals surface area contributed by atoms with E-state index in [0.29, 0.717) is 35.5 Å². The van der Waals surface area contributed by atoms with E-state index < -0.39 is 9.84 Å². The summed E-state index contributed by atoms with van der Waals surface area (Å²) in [5.41, 5.74) is 0.353. The lowest BCUT2D eigenvalue weighted by atomic mass is 10.2. The summed E-state index contributed by atoms with van der Waals surface area (Å²) >= 11 is 0. The molecule has 1 aromatic carbocycles. The highest BCUT2D eigenvalue weighted by Crippen LogP contribution is 2.23. The third kappa shape index (κ3) is 2.90. The Morgan fingerprint density at radius 2 is 2.00 bits per heavy atom. The molecule has 10 nitrogen and oxygen atoms in total. The summed E-state index contributed by atoms with van der Waals surface area (Å²) in [5.74, 6) is 0.680. The maximum atomic E-state index is 12.8. The molecule has 4 aromatic rings. The van der Waals surface area contributed by atoms with Crippen molar-refractivity contribution in [2.45, 2.75) is 22.9 Å². The van der Waals surface area contributed by atoms with Gasteiger partial charge in [-0.25, -0.2) is 17.8 Å². The molecule has 0 spiro atoms. The SMILES string of the molecule is Cn1cc(S(=O)(=O)c2ccc3c(=O)n(Cc4cc5n(n4)CCO5)ncc3c2)cn1. The van der Waals surface area contributed by atoms with Gasteiger partial charge in [0.05, 0.1) is 41.5 Å². The molecule has 0 unspecified atom stereocenters. The van der Waals surface area contributed by atoms with E-state index >= 15 is 0 Å². The Balaban J connectivity index is 1.51. The van der Waals surface area contributed by atoms with Gasteiger partial charge < -0.3 is 4.74 Å². The number of sulfone groups is 1. The van der Waals surface area contributed by atoms with Gasteiger partial charge in [-0.3, -0.25) is 9.48 Å². The van der Waals surface area contributed by atoms with Crippen molar-refractivity contribution in [3.8, 4) is 5.88 Å². The number of aromatic nitrogens is 6. The summed E-state index contributed by atoms with van der Waals surface area (Å²) in [6.45, 7) is 1.48. The molecule has 0 saturated heterocycles. The lowest BCUT2D eigenvalue weighted by Crippen LogP contribution is -2.23. The summed E-state index contributed by atoms with van der Waals surface area (Å²) in [6, 6.07) is 6.18. The van der Waals surface area contributed by atoms with E-state index in [1.165, 1.54) is 46.2 Å². The molecule has 5 rings (SSSR count). The molecule has 29 heavy (non-hydrogen) atoms. The first-order valence-electron chi connectivity index (χ1n) is 8.85. The van der Waals surface area contributed by atoms with Crippen molar-refractivity contribution in [1.82, 2.24) is 29.3 Å². The Bertz CT molecular complexity index is 1390. The monoisotopic (exact) mass is 412 g/mol. The predicted molar refractivity (Wildman–Crippen MR) is 101 cm³/mol. The zero-order valence-corrected chi connectivity index (χ0v) is 16.2. The Morgan fingerprint density at radius 3 is 2.76 bits per heavy atom. The summed E-state index contributed by atoms with van der Waals surface area (Å²) in [4.78, 5) is 13.0. The van der Waals surface area contributed by atoms with Gasteiger partial charge in [0.15, 0.2) is 0 Å². The predicted octanol–water partition coefficient (Wildman–Crippen LogP) is 0.600. The van der Waals surface area contributed by atoms with Crippen LogP contribution in [0.5, 0.6) is 5.88 Å². The van der Waals surface area contributed by atoms with E-state index in [9.17, 15) is 13.2 Å². The summed E-state index contributed by atoms with van der Waals surface area (Å²) in [6.07, 6.45) is 4.21. The van der Waals surface area contributed by atoms with Gasteiger partial charge in [-0.2, -0.15) is 15.3 Å². The molecule has 0 bridgehead atoms. The number of hydrogen-bond donors (Lipinski definition) is 0. The molecule has 3 aromatic heterocycles.